The van der Waals surface area contributed by atoms with Crippen LogP contribution in [-0.2, 0) is 0 Å². The first-order chi connectivity index (χ1) is 27.5. The molecule has 0 saturated carbocycles. The van der Waals surface area contributed by atoms with Crippen molar-refractivity contribution in [3.8, 4) is 0 Å². The van der Waals surface area contributed by atoms with E-state index in [1.165, 1.54) is 161 Å². The van der Waals surface area contributed by atoms with Crippen LogP contribution in [0.1, 0.15) is 207 Å². The molecule has 0 aromatic rings. The zero-order valence-corrected chi connectivity index (χ0v) is 37.8. The molecule has 6 heteroatoms. The molecule has 0 spiro atoms. The lowest BCUT2D eigenvalue weighted by Crippen LogP contribution is -2.42. The van der Waals surface area contributed by atoms with E-state index < -0.39 is 12.2 Å². The van der Waals surface area contributed by atoms with Crippen molar-refractivity contribution in [3.63, 3.8) is 0 Å². The molecule has 0 amide bonds. The van der Waals surface area contributed by atoms with Crippen molar-refractivity contribution in [1.29, 1.82) is 0 Å². The Hall–Kier alpha value is -1.28. The number of aliphatic hydroxyl groups excluding tert-OH is 2. The molecular formula is C50H98N4O2. The molecule has 0 aliphatic heterocycles. The second kappa shape index (κ2) is 44.8. The lowest BCUT2D eigenvalue weighted by atomic mass is 10.0. The van der Waals surface area contributed by atoms with Gasteiger partial charge in [-0.25, -0.2) is 0 Å². The molecule has 0 bridgehead atoms. The third-order valence-electron chi connectivity index (χ3n) is 11.1. The summed E-state index contributed by atoms with van der Waals surface area (Å²) in [5, 5.41) is 20.9. The van der Waals surface area contributed by atoms with Crippen LogP contribution in [-0.4, -0.2) is 84.1 Å². The number of allylic oxidation sites excluding steroid dienone is 7. The fourth-order valence-electron chi connectivity index (χ4n) is 7.48. The Kier molecular flexibility index (Phi) is 43.8. The molecule has 330 valence electrons. The van der Waals surface area contributed by atoms with Gasteiger partial charge in [-0.3, -0.25) is 4.90 Å². The molecule has 0 aromatic heterocycles. The second-order valence-electron chi connectivity index (χ2n) is 16.7. The summed E-state index contributed by atoms with van der Waals surface area (Å²) in [6, 6.07) is 0.367. The molecule has 0 heterocycles. The number of hydrogen-bond acceptors (Lipinski definition) is 6. The van der Waals surface area contributed by atoms with E-state index in [1.807, 2.05) is 0 Å². The van der Waals surface area contributed by atoms with Crippen molar-refractivity contribution < 1.29 is 10.2 Å². The van der Waals surface area contributed by atoms with Crippen molar-refractivity contribution in [2.45, 2.75) is 225 Å². The first-order valence-corrected chi connectivity index (χ1v) is 24.4. The Bertz CT molecular complexity index is 890. The van der Waals surface area contributed by atoms with Crippen LogP contribution in [0, 0.1) is 0 Å². The molecule has 0 fully saturated rings. The maximum atomic E-state index is 10.6. The van der Waals surface area contributed by atoms with Gasteiger partial charge in [0.1, 0.15) is 0 Å². The van der Waals surface area contributed by atoms with Crippen LogP contribution < -0.4 is 11.5 Å². The van der Waals surface area contributed by atoms with Crippen LogP contribution in [0.25, 0.3) is 0 Å². The Balaban J connectivity index is 4.54. The zero-order valence-electron chi connectivity index (χ0n) is 37.8. The smallest absolute Gasteiger partial charge is 0.0789 e. The SMILES string of the molecule is CCCCC/C=C\C/C=C\C(CCCCCCC)N(CCCCCCCCN(CCCCCCCC/C=C/C/C=C\CCCCC)CC(O)CN)CC(O)CN. The molecule has 0 saturated heterocycles. The van der Waals surface area contributed by atoms with Crippen molar-refractivity contribution in [2.24, 2.45) is 11.5 Å². The van der Waals surface area contributed by atoms with Gasteiger partial charge in [0.05, 0.1) is 12.2 Å². The van der Waals surface area contributed by atoms with E-state index in [1.54, 1.807) is 0 Å². The lowest BCUT2D eigenvalue weighted by Gasteiger charge is -2.31. The van der Waals surface area contributed by atoms with Crippen molar-refractivity contribution >= 4 is 0 Å². The van der Waals surface area contributed by atoms with Gasteiger partial charge in [-0.15, -0.1) is 0 Å². The average Bonchev–Trinajstić information content (AvgIpc) is 3.20. The molecular weight excluding hydrogens is 689 g/mol. The molecule has 0 aliphatic rings. The molecule has 0 rings (SSSR count). The molecule has 3 atom stereocenters. The molecule has 0 aliphatic carbocycles. The summed E-state index contributed by atoms with van der Waals surface area (Å²) in [7, 11) is 0. The minimum atomic E-state index is -0.472. The van der Waals surface area contributed by atoms with E-state index in [0.717, 1.165) is 45.3 Å². The summed E-state index contributed by atoms with van der Waals surface area (Å²) in [5.41, 5.74) is 11.7. The maximum Gasteiger partial charge on any atom is 0.0789 e. The number of hydrogen-bond donors (Lipinski definition) is 4. The monoisotopic (exact) mass is 787 g/mol. The van der Waals surface area contributed by atoms with Gasteiger partial charge >= 0.3 is 0 Å². The summed E-state index contributed by atoms with van der Waals surface area (Å²) in [5.74, 6) is 0. The highest BCUT2D eigenvalue weighted by Crippen LogP contribution is 2.17. The van der Waals surface area contributed by atoms with Crippen LogP contribution in [0.15, 0.2) is 48.6 Å². The topological polar surface area (TPSA) is 99.0 Å². The number of nitrogens with two attached hydrogens (primary N) is 2. The van der Waals surface area contributed by atoms with E-state index in [-0.39, 0.29) is 0 Å². The summed E-state index contributed by atoms with van der Waals surface area (Å²) in [6.07, 6.45) is 54.1. The van der Waals surface area contributed by atoms with Gasteiger partial charge in [-0.2, -0.15) is 0 Å². The van der Waals surface area contributed by atoms with Crippen molar-refractivity contribution in [1.82, 2.24) is 9.80 Å². The van der Waals surface area contributed by atoms with E-state index in [0.29, 0.717) is 32.2 Å². The van der Waals surface area contributed by atoms with E-state index in [9.17, 15) is 10.2 Å². The first-order valence-electron chi connectivity index (χ1n) is 24.4. The van der Waals surface area contributed by atoms with E-state index in [4.69, 9.17) is 11.5 Å². The number of aliphatic hydroxyl groups is 2. The molecule has 0 radical (unpaired) electrons. The quantitative estimate of drug-likeness (QED) is 0.0363. The third kappa shape index (κ3) is 38.2. The molecule has 56 heavy (non-hydrogen) atoms. The number of unbranched alkanes of at least 4 members (excludes halogenated alkanes) is 21. The normalized spacial score (nSPS) is 14.2. The van der Waals surface area contributed by atoms with Crippen LogP contribution in [0.2, 0.25) is 0 Å². The summed E-state index contributed by atoms with van der Waals surface area (Å²) >= 11 is 0. The Morgan fingerprint density at radius 3 is 1.34 bits per heavy atom. The largest absolute Gasteiger partial charge is 0.390 e. The fraction of sp³-hybridized carbons (Fsp3) is 0.840. The Morgan fingerprint density at radius 2 is 0.821 bits per heavy atom. The minimum absolute atomic E-state index is 0.319. The lowest BCUT2D eigenvalue weighted by molar-refractivity contribution is 0.0986. The highest BCUT2D eigenvalue weighted by atomic mass is 16.3. The first kappa shape index (κ1) is 54.7. The minimum Gasteiger partial charge on any atom is -0.390 e. The Morgan fingerprint density at radius 1 is 0.429 bits per heavy atom. The summed E-state index contributed by atoms with van der Waals surface area (Å²) < 4.78 is 0. The van der Waals surface area contributed by atoms with Gasteiger partial charge in [0.25, 0.3) is 0 Å². The standard InChI is InChI=1S/C50H98N4O2/c1-4-7-10-13-15-17-18-19-20-21-22-23-24-26-31-36-41-53(46-49(55)44-51)42-37-32-27-28-33-38-43-54(47-50(56)45-52)48(39-34-29-12-9-6-3)40-35-30-25-16-14-11-8-5-2/h15-17,19-20,25,35,40,48-50,55-56H,4-14,18,21-24,26-34,36-39,41-47,51-52H2,1-3H3/b17-15-,20-19+,25-16-,40-35-. The van der Waals surface area contributed by atoms with Gasteiger partial charge in [0.15, 0.2) is 0 Å². The number of rotatable bonds is 44. The molecule has 6 nitrogen and oxygen atoms in total. The second-order valence-corrected chi connectivity index (χ2v) is 16.7. The highest BCUT2D eigenvalue weighted by Gasteiger charge is 2.18. The van der Waals surface area contributed by atoms with Crippen LogP contribution in [0.4, 0.5) is 0 Å². The summed E-state index contributed by atoms with van der Waals surface area (Å²) in [6.45, 7) is 12.0. The third-order valence-corrected chi connectivity index (χ3v) is 11.1. The van der Waals surface area contributed by atoms with Crippen LogP contribution in [0.5, 0.6) is 0 Å². The zero-order chi connectivity index (χ0) is 41.0. The van der Waals surface area contributed by atoms with Crippen LogP contribution in [0.3, 0.4) is 0 Å². The number of nitrogens with zero attached hydrogens (tertiary/aromatic N) is 2. The van der Waals surface area contributed by atoms with E-state index >= 15 is 0 Å². The van der Waals surface area contributed by atoms with Crippen molar-refractivity contribution in [3.05, 3.63) is 48.6 Å². The van der Waals surface area contributed by atoms with Crippen molar-refractivity contribution in [2.75, 3.05) is 45.8 Å². The summed E-state index contributed by atoms with van der Waals surface area (Å²) in [4.78, 5) is 4.98. The van der Waals surface area contributed by atoms with Gasteiger partial charge < -0.3 is 26.6 Å². The molecule has 6 N–H and O–H groups in total. The molecule has 0 aromatic carbocycles. The van der Waals surface area contributed by atoms with Crippen LogP contribution >= 0.6 is 0 Å². The van der Waals surface area contributed by atoms with Gasteiger partial charge in [-0.1, -0.05) is 179 Å². The highest BCUT2D eigenvalue weighted by molar-refractivity contribution is 4.99. The average molecular weight is 787 g/mol. The predicted molar refractivity (Wildman–Crippen MR) is 249 cm³/mol. The van der Waals surface area contributed by atoms with Gasteiger partial charge in [0.2, 0.25) is 0 Å². The van der Waals surface area contributed by atoms with Gasteiger partial charge in [-0.05, 0) is 96.7 Å². The van der Waals surface area contributed by atoms with Gasteiger partial charge in [0, 0.05) is 32.2 Å². The van der Waals surface area contributed by atoms with E-state index in [2.05, 4.69) is 79.2 Å². The predicted octanol–water partition coefficient (Wildman–Crippen LogP) is 12.2. The Labute approximate surface area is 350 Å². The maximum absolute atomic E-state index is 10.6. The fourth-order valence-corrected chi connectivity index (χ4v) is 7.48. The molecule has 3 unspecified atom stereocenters.